The Hall–Kier alpha value is -3.26. The fraction of sp³-hybridized carbons (Fsp3) is 0.111. The molecule has 0 radical (unpaired) electrons. The van der Waals surface area contributed by atoms with Crippen molar-refractivity contribution in [3.05, 3.63) is 52.4 Å². The molecule has 0 bridgehead atoms. The van der Waals surface area contributed by atoms with Crippen molar-refractivity contribution in [3.8, 4) is 12.3 Å². The molecule has 114 valence electrons. The van der Waals surface area contributed by atoms with Gasteiger partial charge < -0.3 is 14.5 Å². The van der Waals surface area contributed by atoms with Gasteiger partial charge in [-0.25, -0.2) is 9.59 Å². The molecule has 0 aliphatic rings. The largest absolute Gasteiger partial charge is 0.465 e. The van der Waals surface area contributed by atoms with Crippen LogP contribution in [-0.4, -0.2) is 19.6 Å². The van der Waals surface area contributed by atoms with E-state index in [4.69, 9.17) is 15.6 Å². The maximum atomic E-state index is 12.0. The number of fused-ring (bicyclic) bond motifs is 3. The molecule has 2 aromatic carbocycles. The van der Waals surface area contributed by atoms with Gasteiger partial charge in [0.1, 0.15) is 5.58 Å². The van der Waals surface area contributed by atoms with Crippen molar-refractivity contribution >= 4 is 33.4 Å². The van der Waals surface area contributed by atoms with Crippen molar-refractivity contribution in [2.24, 2.45) is 0 Å². The van der Waals surface area contributed by atoms with Gasteiger partial charge >= 0.3 is 11.6 Å². The van der Waals surface area contributed by atoms with E-state index in [0.29, 0.717) is 22.9 Å². The Bertz CT molecular complexity index is 1010. The molecular formula is C18H13NO4. The summed E-state index contributed by atoms with van der Waals surface area (Å²) in [6, 6.07) is 10.3. The molecule has 0 saturated carbocycles. The Morgan fingerprint density at radius 2 is 2.00 bits per heavy atom. The van der Waals surface area contributed by atoms with Gasteiger partial charge in [0, 0.05) is 27.9 Å². The Kier molecular flexibility index (Phi) is 3.73. The van der Waals surface area contributed by atoms with Gasteiger partial charge in [-0.3, -0.25) is 0 Å². The molecule has 0 atom stereocenters. The molecule has 0 aliphatic carbocycles. The van der Waals surface area contributed by atoms with Crippen LogP contribution in [0.1, 0.15) is 10.4 Å². The Balaban J connectivity index is 2.45. The summed E-state index contributed by atoms with van der Waals surface area (Å²) in [7, 11) is 1.27. The van der Waals surface area contributed by atoms with E-state index in [0.717, 1.165) is 17.1 Å². The van der Waals surface area contributed by atoms with Crippen molar-refractivity contribution in [2.75, 3.05) is 19.0 Å². The number of nitrogens with one attached hydrogen (secondary N) is 1. The smallest absolute Gasteiger partial charge is 0.338 e. The molecule has 0 unspecified atom stereocenters. The van der Waals surface area contributed by atoms with Gasteiger partial charge in [-0.15, -0.1) is 6.42 Å². The summed E-state index contributed by atoms with van der Waals surface area (Å²) in [6.45, 7) is 0.333. The molecular weight excluding hydrogens is 294 g/mol. The van der Waals surface area contributed by atoms with Gasteiger partial charge in [-0.2, -0.15) is 0 Å². The highest BCUT2D eigenvalue weighted by molar-refractivity contribution is 6.15. The van der Waals surface area contributed by atoms with Crippen LogP contribution in [0.25, 0.3) is 21.7 Å². The van der Waals surface area contributed by atoms with E-state index in [1.807, 2.05) is 24.3 Å². The van der Waals surface area contributed by atoms with E-state index < -0.39 is 11.6 Å². The molecule has 3 rings (SSSR count). The maximum absolute atomic E-state index is 12.0. The topological polar surface area (TPSA) is 68.5 Å². The number of hydrogen-bond donors (Lipinski definition) is 1. The highest BCUT2D eigenvalue weighted by atomic mass is 16.5. The van der Waals surface area contributed by atoms with Crippen molar-refractivity contribution in [2.45, 2.75) is 0 Å². The molecule has 1 N–H and O–H groups in total. The van der Waals surface area contributed by atoms with Crippen LogP contribution >= 0.6 is 0 Å². The molecule has 0 saturated heterocycles. The Morgan fingerprint density at radius 3 is 2.70 bits per heavy atom. The molecule has 3 aromatic rings. The fourth-order valence-corrected chi connectivity index (χ4v) is 2.56. The third-order valence-electron chi connectivity index (χ3n) is 3.54. The third-order valence-corrected chi connectivity index (χ3v) is 3.54. The minimum atomic E-state index is -0.604. The van der Waals surface area contributed by atoms with Crippen LogP contribution in [0.3, 0.4) is 0 Å². The van der Waals surface area contributed by atoms with E-state index >= 15 is 0 Å². The molecule has 0 amide bonds. The van der Waals surface area contributed by atoms with Gasteiger partial charge in [0.05, 0.1) is 19.2 Å². The number of carbonyl (C=O) groups excluding carboxylic acids is 1. The molecule has 5 nitrogen and oxygen atoms in total. The summed E-state index contributed by atoms with van der Waals surface area (Å²) in [5, 5.41) is 5.18. The number of hydrogen-bond acceptors (Lipinski definition) is 5. The molecule has 5 heteroatoms. The number of ether oxygens (including phenoxy) is 1. The van der Waals surface area contributed by atoms with Gasteiger partial charge in [-0.1, -0.05) is 30.2 Å². The van der Waals surface area contributed by atoms with Gasteiger partial charge in [0.25, 0.3) is 0 Å². The molecule has 0 aliphatic heterocycles. The van der Waals surface area contributed by atoms with E-state index in [9.17, 15) is 9.59 Å². The van der Waals surface area contributed by atoms with Crippen LogP contribution in [0.15, 0.2) is 45.6 Å². The number of carbonyl (C=O) groups is 1. The second-order valence-corrected chi connectivity index (χ2v) is 4.87. The van der Waals surface area contributed by atoms with E-state index in [1.54, 1.807) is 6.07 Å². The number of esters is 1. The van der Waals surface area contributed by atoms with Crippen molar-refractivity contribution in [3.63, 3.8) is 0 Å². The first kappa shape index (κ1) is 14.7. The highest BCUT2D eigenvalue weighted by Crippen LogP contribution is 2.33. The predicted octanol–water partition coefficient (Wildman–Crippen LogP) is 2.78. The summed E-state index contributed by atoms with van der Waals surface area (Å²) in [5.41, 5.74) is 0.658. The summed E-state index contributed by atoms with van der Waals surface area (Å²) < 4.78 is 10.1. The van der Waals surface area contributed by atoms with Crippen LogP contribution in [0.2, 0.25) is 0 Å². The van der Waals surface area contributed by atoms with Gasteiger partial charge in [0.15, 0.2) is 0 Å². The lowest BCUT2D eigenvalue weighted by Gasteiger charge is -2.12. The lowest BCUT2D eigenvalue weighted by Crippen LogP contribution is -2.09. The van der Waals surface area contributed by atoms with Crippen LogP contribution in [0.4, 0.5) is 5.69 Å². The minimum absolute atomic E-state index is 0.160. The van der Waals surface area contributed by atoms with E-state index in [-0.39, 0.29) is 5.56 Å². The molecule has 0 fully saturated rings. The highest BCUT2D eigenvalue weighted by Gasteiger charge is 2.17. The minimum Gasteiger partial charge on any atom is -0.465 e. The number of benzene rings is 2. The first-order chi connectivity index (χ1) is 11.2. The zero-order valence-corrected chi connectivity index (χ0v) is 12.4. The number of rotatable bonds is 3. The van der Waals surface area contributed by atoms with Crippen LogP contribution in [0.5, 0.6) is 0 Å². The maximum Gasteiger partial charge on any atom is 0.338 e. The van der Waals surface area contributed by atoms with Crippen LogP contribution < -0.4 is 10.9 Å². The quantitative estimate of drug-likeness (QED) is 0.349. The van der Waals surface area contributed by atoms with Crippen LogP contribution in [0, 0.1) is 12.3 Å². The average molecular weight is 307 g/mol. The van der Waals surface area contributed by atoms with Crippen molar-refractivity contribution in [1.82, 2.24) is 0 Å². The number of methoxy groups -OCH3 is 1. The predicted molar refractivity (Wildman–Crippen MR) is 88.7 cm³/mol. The fourth-order valence-electron chi connectivity index (χ4n) is 2.56. The van der Waals surface area contributed by atoms with Crippen LogP contribution in [-0.2, 0) is 4.74 Å². The monoisotopic (exact) mass is 307 g/mol. The normalized spacial score (nSPS) is 10.4. The van der Waals surface area contributed by atoms with E-state index in [1.165, 1.54) is 7.11 Å². The summed E-state index contributed by atoms with van der Waals surface area (Å²) >= 11 is 0. The summed E-state index contributed by atoms with van der Waals surface area (Å²) in [6.07, 6.45) is 5.31. The number of anilines is 1. The summed E-state index contributed by atoms with van der Waals surface area (Å²) in [4.78, 5) is 23.8. The van der Waals surface area contributed by atoms with Gasteiger partial charge in [0.2, 0.25) is 0 Å². The lowest BCUT2D eigenvalue weighted by molar-refractivity contribution is 0.0602. The molecule has 1 aromatic heterocycles. The van der Waals surface area contributed by atoms with Crippen molar-refractivity contribution in [1.29, 1.82) is 0 Å². The third kappa shape index (κ3) is 2.51. The van der Waals surface area contributed by atoms with Gasteiger partial charge in [-0.05, 0) is 6.07 Å². The Morgan fingerprint density at radius 1 is 1.26 bits per heavy atom. The zero-order valence-electron chi connectivity index (χ0n) is 12.4. The number of terminal acetylenes is 1. The second kappa shape index (κ2) is 5.85. The molecule has 23 heavy (non-hydrogen) atoms. The SMILES string of the molecule is C#CCNc1cc2c(C(=O)OC)cc(=O)oc2c2ccccc12. The van der Waals surface area contributed by atoms with Crippen molar-refractivity contribution < 1.29 is 13.9 Å². The Labute approximate surface area is 131 Å². The molecule has 1 heterocycles. The molecule has 0 spiro atoms. The lowest BCUT2D eigenvalue weighted by atomic mass is 10.0. The zero-order chi connectivity index (χ0) is 16.4. The average Bonchev–Trinajstić information content (AvgIpc) is 2.58. The van der Waals surface area contributed by atoms with E-state index in [2.05, 4.69) is 11.2 Å². The first-order valence-electron chi connectivity index (χ1n) is 6.91. The second-order valence-electron chi connectivity index (χ2n) is 4.87. The standard InChI is InChI=1S/C18H13NO4/c1-3-8-19-15-9-13-14(18(21)22-2)10-16(20)23-17(13)12-7-5-4-6-11(12)15/h1,4-7,9-10,19H,8H2,2H3. The summed E-state index contributed by atoms with van der Waals surface area (Å²) in [5.74, 6) is 1.91. The first-order valence-corrected chi connectivity index (χ1v) is 6.91.